The molecule has 8 heteroatoms. The lowest BCUT2D eigenvalue weighted by molar-refractivity contribution is 0.694. The summed E-state index contributed by atoms with van der Waals surface area (Å²) in [6, 6.07) is 16.0. The smallest absolute Gasteiger partial charge is 0.181 e. The van der Waals surface area contributed by atoms with Crippen molar-refractivity contribution in [1.82, 2.24) is 34.5 Å². The third-order valence-electron chi connectivity index (χ3n) is 5.16. The minimum absolute atomic E-state index is 0.583. The molecule has 0 aliphatic heterocycles. The molecule has 0 aliphatic carbocycles. The first-order valence-electron chi connectivity index (χ1n) is 10.2. The number of hydrogen-bond donors (Lipinski definition) is 0. The monoisotopic (exact) mass is 422 g/mol. The van der Waals surface area contributed by atoms with Gasteiger partial charge in [-0.25, -0.2) is 14.3 Å². The summed E-state index contributed by atoms with van der Waals surface area (Å²) in [6.45, 7) is 0.583. The van der Waals surface area contributed by atoms with E-state index in [1.807, 2.05) is 67.6 Å². The highest BCUT2D eigenvalue weighted by atomic mass is 15.4. The van der Waals surface area contributed by atoms with E-state index in [-0.39, 0.29) is 0 Å². The summed E-state index contributed by atoms with van der Waals surface area (Å²) in [5.74, 6) is 1.40. The topological polar surface area (TPSA) is 77.5 Å². The van der Waals surface area contributed by atoms with E-state index in [4.69, 9.17) is 10.1 Å². The van der Waals surface area contributed by atoms with Gasteiger partial charge in [-0.05, 0) is 35.9 Å². The molecule has 0 N–H and O–H groups in total. The van der Waals surface area contributed by atoms with Gasteiger partial charge in [0.15, 0.2) is 11.6 Å². The molecule has 0 unspecified atom stereocenters. The van der Waals surface area contributed by atoms with Crippen LogP contribution in [0.5, 0.6) is 0 Å². The third kappa shape index (κ3) is 3.85. The minimum atomic E-state index is 0.583. The molecule has 0 atom stereocenters. The molecule has 4 heterocycles. The van der Waals surface area contributed by atoms with Crippen LogP contribution in [0.3, 0.4) is 0 Å². The fourth-order valence-electron chi connectivity index (χ4n) is 3.60. The molecular formula is C24H22N8. The molecule has 0 bridgehead atoms. The highest BCUT2D eigenvalue weighted by molar-refractivity contribution is 5.61. The first kappa shape index (κ1) is 19.6. The highest BCUT2D eigenvalue weighted by Gasteiger charge is 2.17. The molecule has 0 amide bonds. The van der Waals surface area contributed by atoms with E-state index in [2.05, 4.69) is 32.1 Å². The number of nitrogens with zero attached hydrogens (tertiary/aromatic N) is 8. The normalized spacial score (nSPS) is 10.9. The van der Waals surface area contributed by atoms with Crippen LogP contribution in [0.25, 0.3) is 28.5 Å². The molecule has 32 heavy (non-hydrogen) atoms. The molecule has 0 saturated heterocycles. The average Bonchev–Trinajstić information content (AvgIpc) is 3.48. The van der Waals surface area contributed by atoms with Gasteiger partial charge < -0.3 is 4.90 Å². The van der Waals surface area contributed by atoms with Crippen molar-refractivity contribution in [3.8, 4) is 28.5 Å². The van der Waals surface area contributed by atoms with Gasteiger partial charge in [-0.1, -0.05) is 18.2 Å². The maximum absolute atomic E-state index is 4.87. The zero-order valence-electron chi connectivity index (χ0n) is 17.9. The van der Waals surface area contributed by atoms with E-state index >= 15 is 0 Å². The van der Waals surface area contributed by atoms with E-state index in [1.54, 1.807) is 29.5 Å². The second-order valence-corrected chi connectivity index (χ2v) is 7.56. The molecular weight excluding hydrogens is 400 g/mol. The fraction of sp³-hybridized carbons (Fsp3) is 0.125. The number of aromatic nitrogens is 7. The molecule has 0 radical (unpaired) electrons. The van der Waals surface area contributed by atoms with E-state index in [9.17, 15) is 0 Å². The Balaban J connectivity index is 1.59. The van der Waals surface area contributed by atoms with Gasteiger partial charge in [0.2, 0.25) is 0 Å². The van der Waals surface area contributed by atoms with Crippen molar-refractivity contribution in [1.29, 1.82) is 0 Å². The largest absolute Gasteiger partial charge is 0.377 e. The lowest BCUT2D eigenvalue weighted by Crippen LogP contribution is -2.13. The molecule has 8 nitrogen and oxygen atoms in total. The van der Waals surface area contributed by atoms with Crippen molar-refractivity contribution in [3.05, 3.63) is 91.3 Å². The Morgan fingerprint density at radius 2 is 1.69 bits per heavy atom. The summed E-state index contributed by atoms with van der Waals surface area (Å²) < 4.78 is 3.73. The Hall–Kier alpha value is -4.33. The van der Waals surface area contributed by atoms with Crippen molar-refractivity contribution in [2.24, 2.45) is 0 Å². The van der Waals surface area contributed by atoms with Crippen LogP contribution in [0.2, 0.25) is 0 Å². The van der Waals surface area contributed by atoms with E-state index in [1.165, 1.54) is 0 Å². The van der Waals surface area contributed by atoms with Crippen LogP contribution in [-0.4, -0.2) is 48.6 Å². The van der Waals surface area contributed by atoms with Gasteiger partial charge in [0.25, 0.3) is 0 Å². The predicted octanol–water partition coefficient (Wildman–Crippen LogP) is 3.70. The zero-order chi connectivity index (χ0) is 21.9. The summed E-state index contributed by atoms with van der Waals surface area (Å²) in [5.41, 5.74) is 4.98. The molecule has 158 valence electrons. The number of benzene rings is 1. The molecule has 1 aromatic carbocycles. The van der Waals surface area contributed by atoms with E-state index in [0.717, 1.165) is 33.9 Å². The number of anilines is 1. The van der Waals surface area contributed by atoms with Gasteiger partial charge in [-0.3, -0.25) is 9.97 Å². The molecule has 0 saturated carbocycles. The van der Waals surface area contributed by atoms with Crippen molar-refractivity contribution >= 4 is 5.69 Å². The summed E-state index contributed by atoms with van der Waals surface area (Å²) in [4.78, 5) is 15.3. The second-order valence-electron chi connectivity index (χ2n) is 7.56. The Labute approximate surface area is 185 Å². The SMILES string of the molecule is CN(C)c1ccccc1Cn1nc(-c2ccncc2)nc1-c1cnn(-c2cccnc2)c1. The summed E-state index contributed by atoms with van der Waals surface area (Å²) in [7, 11) is 4.09. The lowest BCUT2D eigenvalue weighted by atomic mass is 10.1. The number of pyridine rings is 2. The van der Waals surface area contributed by atoms with Gasteiger partial charge in [-0.15, -0.1) is 0 Å². The van der Waals surface area contributed by atoms with Crippen LogP contribution >= 0.6 is 0 Å². The van der Waals surface area contributed by atoms with Crippen molar-refractivity contribution in [2.45, 2.75) is 6.54 Å². The second kappa shape index (κ2) is 8.43. The quantitative estimate of drug-likeness (QED) is 0.415. The van der Waals surface area contributed by atoms with Crippen molar-refractivity contribution in [3.63, 3.8) is 0 Å². The number of rotatable bonds is 6. The Morgan fingerprint density at radius 1 is 0.844 bits per heavy atom. The van der Waals surface area contributed by atoms with Crippen LogP contribution in [0.4, 0.5) is 5.69 Å². The average molecular weight is 422 g/mol. The van der Waals surface area contributed by atoms with Gasteiger partial charge in [0, 0.05) is 50.1 Å². The van der Waals surface area contributed by atoms with Gasteiger partial charge in [-0.2, -0.15) is 10.2 Å². The fourth-order valence-corrected chi connectivity index (χ4v) is 3.60. The van der Waals surface area contributed by atoms with Gasteiger partial charge >= 0.3 is 0 Å². The molecule has 0 fully saturated rings. The molecule has 5 aromatic rings. The highest BCUT2D eigenvalue weighted by Crippen LogP contribution is 2.26. The number of para-hydroxylation sites is 1. The van der Waals surface area contributed by atoms with Crippen LogP contribution in [0.1, 0.15) is 5.56 Å². The first-order chi connectivity index (χ1) is 15.7. The Bertz CT molecular complexity index is 1320. The molecule has 5 rings (SSSR count). The summed E-state index contributed by atoms with van der Waals surface area (Å²) in [5, 5.41) is 9.36. The van der Waals surface area contributed by atoms with Gasteiger partial charge in [0.05, 0.1) is 30.2 Å². The Morgan fingerprint density at radius 3 is 2.47 bits per heavy atom. The van der Waals surface area contributed by atoms with Crippen LogP contribution in [0, 0.1) is 0 Å². The Kier molecular flexibility index (Phi) is 5.17. The van der Waals surface area contributed by atoms with E-state index in [0.29, 0.717) is 12.4 Å². The molecule has 0 spiro atoms. The third-order valence-corrected chi connectivity index (χ3v) is 5.16. The summed E-state index contributed by atoms with van der Waals surface area (Å²) >= 11 is 0. The standard InChI is InChI=1S/C24H22N8/c1-30(2)22-8-4-3-6-19(22)16-32-24(28-23(29-32)18-9-12-25-13-10-18)20-14-27-31(17-20)21-7-5-11-26-15-21/h3-15,17H,16H2,1-2H3. The summed E-state index contributed by atoms with van der Waals surface area (Å²) in [6.07, 6.45) is 10.8. The van der Waals surface area contributed by atoms with Crippen LogP contribution in [0.15, 0.2) is 85.7 Å². The van der Waals surface area contributed by atoms with Gasteiger partial charge in [0.1, 0.15) is 0 Å². The molecule has 0 aliphatic rings. The van der Waals surface area contributed by atoms with Crippen molar-refractivity contribution in [2.75, 3.05) is 19.0 Å². The first-order valence-corrected chi connectivity index (χ1v) is 10.2. The van der Waals surface area contributed by atoms with E-state index < -0.39 is 0 Å². The molecule has 4 aromatic heterocycles. The lowest BCUT2D eigenvalue weighted by Gasteiger charge is -2.17. The zero-order valence-corrected chi connectivity index (χ0v) is 17.9. The van der Waals surface area contributed by atoms with Crippen LogP contribution in [-0.2, 0) is 6.54 Å². The van der Waals surface area contributed by atoms with Crippen LogP contribution < -0.4 is 4.90 Å². The van der Waals surface area contributed by atoms with Crippen molar-refractivity contribution < 1.29 is 0 Å². The maximum atomic E-state index is 4.87. The maximum Gasteiger partial charge on any atom is 0.181 e. The minimum Gasteiger partial charge on any atom is -0.377 e. The predicted molar refractivity (Wildman–Crippen MR) is 123 cm³/mol. The number of hydrogen-bond acceptors (Lipinski definition) is 6.